The van der Waals surface area contributed by atoms with Crippen LogP contribution < -0.4 is 9.64 Å². The third kappa shape index (κ3) is 3.29. The van der Waals surface area contributed by atoms with Crippen LogP contribution in [0.1, 0.15) is 34.6 Å². The SMILES string of the molecule is COc1ccc2c(c1)CCCN2c1nc(C)nc2c1CC=C2Cc1ccccc1. The van der Waals surface area contributed by atoms with Gasteiger partial charge in [0, 0.05) is 17.8 Å². The molecule has 146 valence electrons. The zero-order chi connectivity index (χ0) is 19.8. The largest absolute Gasteiger partial charge is 0.497 e. The first kappa shape index (κ1) is 17.9. The third-order valence-corrected chi connectivity index (χ3v) is 5.85. The number of rotatable bonds is 4. The predicted octanol–water partition coefficient (Wildman–Crippen LogP) is 5.06. The first-order valence-corrected chi connectivity index (χ1v) is 10.3. The lowest BCUT2D eigenvalue weighted by Crippen LogP contribution is -2.27. The first-order chi connectivity index (χ1) is 14.2. The summed E-state index contributed by atoms with van der Waals surface area (Å²) in [7, 11) is 1.73. The Hall–Kier alpha value is -3.14. The van der Waals surface area contributed by atoms with E-state index in [1.165, 1.54) is 28.0 Å². The lowest BCUT2D eigenvalue weighted by molar-refractivity contribution is 0.414. The van der Waals surface area contributed by atoms with Crippen molar-refractivity contribution in [3.8, 4) is 5.75 Å². The van der Waals surface area contributed by atoms with Crippen LogP contribution in [0.5, 0.6) is 5.75 Å². The van der Waals surface area contributed by atoms with Crippen molar-refractivity contribution >= 4 is 17.1 Å². The molecule has 5 rings (SSSR count). The summed E-state index contributed by atoms with van der Waals surface area (Å²) in [6.45, 7) is 2.98. The van der Waals surface area contributed by atoms with Crippen LogP contribution in [0, 0.1) is 6.92 Å². The van der Waals surface area contributed by atoms with Crippen molar-refractivity contribution in [3.05, 3.63) is 82.8 Å². The van der Waals surface area contributed by atoms with Gasteiger partial charge < -0.3 is 9.64 Å². The van der Waals surface area contributed by atoms with Gasteiger partial charge in [0.1, 0.15) is 17.4 Å². The summed E-state index contributed by atoms with van der Waals surface area (Å²) in [5.74, 6) is 2.82. The van der Waals surface area contributed by atoms with Crippen LogP contribution in [0.25, 0.3) is 5.57 Å². The van der Waals surface area contributed by atoms with E-state index >= 15 is 0 Å². The highest BCUT2D eigenvalue weighted by atomic mass is 16.5. The summed E-state index contributed by atoms with van der Waals surface area (Å²) in [5.41, 5.74) is 7.58. The molecule has 0 unspecified atom stereocenters. The molecule has 0 N–H and O–H groups in total. The van der Waals surface area contributed by atoms with E-state index in [2.05, 4.69) is 53.4 Å². The van der Waals surface area contributed by atoms with E-state index < -0.39 is 0 Å². The van der Waals surface area contributed by atoms with Gasteiger partial charge in [-0.15, -0.1) is 0 Å². The second-order valence-corrected chi connectivity index (χ2v) is 7.77. The minimum atomic E-state index is 0.834. The van der Waals surface area contributed by atoms with Crippen molar-refractivity contribution in [2.45, 2.75) is 32.6 Å². The molecule has 0 spiro atoms. The summed E-state index contributed by atoms with van der Waals surface area (Å²) < 4.78 is 5.43. The van der Waals surface area contributed by atoms with Crippen molar-refractivity contribution in [3.63, 3.8) is 0 Å². The number of hydrogen-bond donors (Lipinski definition) is 0. The van der Waals surface area contributed by atoms with Gasteiger partial charge in [-0.1, -0.05) is 36.4 Å². The molecule has 1 aliphatic carbocycles. The first-order valence-electron chi connectivity index (χ1n) is 10.3. The molecule has 4 heteroatoms. The number of fused-ring (bicyclic) bond motifs is 2. The normalized spacial score (nSPS) is 15.0. The van der Waals surface area contributed by atoms with Crippen LogP contribution >= 0.6 is 0 Å². The smallest absolute Gasteiger partial charge is 0.140 e. The van der Waals surface area contributed by atoms with E-state index in [0.29, 0.717) is 0 Å². The molecule has 0 radical (unpaired) electrons. The zero-order valence-corrected chi connectivity index (χ0v) is 17.0. The summed E-state index contributed by atoms with van der Waals surface area (Å²) in [6, 6.07) is 17.0. The van der Waals surface area contributed by atoms with Gasteiger partial charge in [0.15, 0.2) is 0 Å². The van der Waals surface area contributed by atoms with Crippen LogP contribution in [0.2, 0.25) is 0 Å². The second kappa shape index (κ2) is 7.36. The Morgan fingerprint density at radius 2 is 1.93 bits per heavy atom. The Labute approximate surface area is 171 Å². The molecule has 0 saturated carbocycles. The van der Waals surface area contributed by atoms with Crippen LogP contribution in [0.4, 0.5) is 11.5 Å². The lowest BCUT2D eigenvalue weighted by Gasteiger charge is -2.32. The van der Waals surface area contributed by atoms with Gasteiger partial charge in [0.25, 0.3) is 0 Å². The molecule has 0 atom stereocenters. The Kier molecular flexibility index (Phi) is 4.55. The molecule has 0 bridgehead atoms. The van der Waals surface area contributed by atoms with E-state index in [0.717, 1.165) is 55.3 Å². The summed E-state index contributed by atoms with van der Waals surface area (Å²) >= 11 is 0. The van der Waals surface area contributed by atoms with Gasteiger partial charge in [-0.05, 0) is 67.5 Å². The molecule has 29 heavy (non-hydrogen) atoms. The highest BCUT2D eigenvalue weighted by Crippen LogP contribution is 2.40. The monoisotopic (exact) mass is 383 g/mol. The summed E-state index contributed by atoms with van der Waals surface area (Å²) in [4.78, 5) is 12.1. The average molecular weight is 383 g/mol. The fourth-order valence-electron chi connectivity index (χ4n) is 4.47. The van der Waals surface area contributed by atoms with Crippen molar-refractivity contribution in [1.29, 1.82) is 0 Å². The van der Waals surface area contributed by atoms with Gasteiger partial charge in [-0.3, -0.25) is 0 Å². The summed E-state index contributed by atoms with van der Waals surface area (Å²) in [5, 5.41) is 0. The topological polar surface area (TPSA) is 38.2 Å². The van der Waals surface area contributed by atoms with E-state index in [1.54, 1.807) is 7.11 Å². The number of benzene rings is 2. The number of hydrogen-bond acceptors (Lipinski definition) is 4. The molecule has 4 nitrogen and oxygen atoms in total. The molecule has 0 fully saturated rings. The van der Waals surface area contributed by atoms with Crippen LogP contribution in [-0.4, -0.2) is 23.6 Å². The van der Waals surface area contributed by atoms with E-state index in [4.69, 9.17) is 14.7 Å². The van der Waals surface area contributed by atoms with Crippen LogP contribution in [0.15, 0.2) is 54.6 Å². The number of ether oxygens (including phenoxy) is 1. The highest BCUT2D eigenvalue weighted by Gasteiger charge is 2.27. The summed E-state index contributed by atoms with van der Waals surface area (Å²) in [6.07, 6.45) is 6.33. The molecular formula is C25H25N3O. The molecule has 2 heterocycles. The van der Waals surface area contributed by atoms with Gasteiger partial charge in [-0.2, -0.15) is 0 Å². The van der Waals surface area contributed by atoms with Crippen molar-refractivity contribution in [1.82, 2.24) is 9.97 Å². The standard InChI is InChI=1S/C25H25N3O/c1-17-26-24-20(15-18-7-4-3-5-8-18)10-12-22(24)25(27-17)28-14-6-9-19-16-21(29-2)11-13-23(19)28/h3-5,7-8,10-11,13,16H,6,9,12,14-15H2,1-2H3. The maximum Gasteiger partial charge on any atom is 0.140 e. The number of aryl methyl sites for hydroxylation is 2. The molecule has 0 saturated heterocycles. The second-order valence-electron chi connectivity index (χ2n) is 7.77. The maximum absolute atomic E-state index is 5.43. The lowest BCUT2D eigenvalue weighted by atomic mass is 10.00. The molecule has 2 aromatic carbocycles. The average Bonchev–Trinajstić information content (AvgIpc) is 3.15. The Morgan fingerprint density at radius 1 is 1.07 bits per heavy atom. The zero-order valence-electron chi connectivity index (χ0n) is 17.0. The Morgan fingerprint density at radius 3 is 2.76 bits per heavy atom. The van der Waals surface area contributed by atoms with E-state index in [1.807, 2.05) is 13.0 Å². The van der Waals surface area contributed by atoms with Crippen LogP contribution in [0.3, 0.4) is 0 Å². The quantitative estimate of drug-likeness (QED) is 0.631. The van der Waals surface area contributed by atoms with Gasteiger partial charge in [0.05, 0.1) is 12.8 Å². The van der Waals surface area contributed by atoms with Crippen molar-refractivity contribution in [2.24, 2.45) is 0 Å². The van der Waals surface area contributed by atoms with E-state index in [9.17, 15) is 0 Å². The predicted molar refractivity (Wildman–Crippen MR) is 117 cm³/mol. The molecule has 3 aromatic rings. The Bertz CT molecular complexity index is 1090. The van der Waals surface area contributed by atoms with E-state index in [-0.39, 0.29) is 0 Å². The van der Waals surface area contributed by atoms with Crippen molar-refractivity contribution in [2.75, 3.05) is 18.6 Å². The number of anilines is 2. The number of nitrogens with zero attached hydrogens (tertiary/aromatic N) is 3. The van der Waals surface area contributed by atoms with Gasteiger partial charge in [0.2, 0.25) is 0 Å². The molecule has 1 aliphatic heterocycles. The third-order valence-electron chi connectivity index (χ3n) is 5.85. The number of aromatic nitrogens is 2. The highest BCUT2D eigenvalue weighted by molar-refractivity contribution is 5.79. The number of allylic oxidation sites excluding steroid dienone is 2. The van der Waals surface area contributed by atoms with Gasteiger partial charge >= 0.3 is 0 Å². The minimum absolute atomic E-state index is 0.834. The van der Waals surface area contributed by atoms with Gasteiger partial charge in [-0.25, -0.2) is 9.97 Å². The maximum atomic E-state index is 5.43. The van der Waals surface area contributed by atoms with Crippen molar-refractivity contribution < 1.29 is 4.74 Å². The molecule has 2 aliphatic rings. The fraction of sp³-hybridized carbons (Fsp3) is 0.280. The molecule has 0 amide bonds. The number of methoxy groups -OCH3 is 1. The Balaban J connectivity index is 1.54. The molecular weight excluding hydrogens is 358 g/mol. The minimum Gasteiger partial charge on any atom is -0.497 e. The van der Waals surface area contributed by atoms with Crippen LogP contribution in [-0.2, 0) is 19.3 Å². The fourth-order valence-corrected chi connectivity index (χ4v) is 4.47. The molecule has 1 aromatic heterocycles.